The molecule has 0 bridgehead atoms. The third-order valence-electron chi connectivity index (χ3n) is 4.83. The number of nitro benzene ring substituents is 1. The van der Waals surface area contributed by atoms with E-state index in [4.69, 9.17) is 0 Å². The summed E-state index contributed by atoms with van der Waals surface area (Å²) < 4.78 is 0. The first-order chi connectivity index (χ1) is 14.4. The number of nitro groups is 1. The van der Waals surface area contributed by atoms with Crippen LogP contribution >= 0.6 is 0 Å². The van der Waals surface area contributed by atoms with E-state index in [1.54, 1.807) is 49.2 Å². The number of rotatable bonds is 6. The Balaban J connectivity index is 1.66. The van der Waals surface area contributed by atoms with Gasteiger partial charge >= 0.3 is 0 Å². The fourth-order valence-corrected chi connectivity index (χ4v) is 3.06. The van der Waals surface area contributed by atoms with E-state index in [9.17, 15) is 19.7 Å². The number of carbonyl (C=O) groups is 2. The fourth-order valence-electron chi connectivity index (χ4n) is 3.06. The van der Waals surface area contributed by atoms with Crippen LogP contribution in [0, 0.1) is 17.0 Å². The van der Waals surface area contributed by atoms with Gasteiger partial charge in [0.25, 0.3) is 11.6 Å². The normalized spacial score (nSPS) is 10.3. The first-order valence-electron chi connectivity index (χ1n) is 9.32. The summed E-state index contributed by atoms with van der Waals surface area (Å²) in [6.45, 7) is 1.55. The van der Waals surface area contributed by atoms with E-state index in [2.05, 4.69) is 5.32 Å². The van der Waals surface area contributed by atoms with Crippen molar-refractivity contribution < 1.29 is 14.5 Å². The van der Waals surface area contributed by atoms with Crippen LogP contribution < -0.4 is 10.2 Å². The van der Waals surface area contributed by atoms with Crippen LogP contribution in [-0.4, -0.2) is 23.8 Å². The predicted molar refractivity (Wildman–Crippen MR) is 116 cm³/mol. The second kappa shape index (κ2) is 9.00. The molecule has 0 saturated heterocycles. The Hall–Kier alpha value is -4.00. The SMILES string of the molecule is Cc1c(C(=O)Nc2ccc(CC(=O)N(C)c3ccccc3)cc2)cccc1[N+](=O)[O-]. The lowest BCUT2D eigenvalue weighted by Gasteiger charge is -2.17. The molecule has 7 nitrogen and oxygen atoms in total. The maximum atomic E-state index is 12.5. The molecule has 0 aliphatic carbocycles. The molecule has 3 rings (SSSR count). The van der Waals surface area contributed by atoms with Gasteiger partial charge in [0, 0.05) is 35.6 Å². The zero-order valence-electron chi connectivity index (χ0n) is 16.7. The highest BCUT2D eigenvalue weighted by Crippen LogP contribution is 2.22. The van der Waals surface area contributed by atoms with Gasteiger partial charge in [0.2, 0.25) is 5.91 Å². The number of anilines is 2. The Bertz CT molecular complexity index is 1080. The maximum Gasteiger partial charge on any atom is 0.273 e. The average molecular weight is 403 g/mol. The lowest BCUT2D eigenvalue weighted by molar-refractivity contribution is -0.385. The van der Waals surface area contributed by atoms with E-state index < -0.39 is 10.8 Å². The van der Waals surface area contributed by atoms with Gasteiger partial charge in [-0.15, -0.1) is 0 Å². The minimum atomic E-state index is -0.510. The van der Waals surface area contributed by atoms with E-state index in [1.165, 1.54) is 12.1 Å². The molecule has 152 valence electrons. The quantitative estimate of drug-likeness (QED) is 0.489. The van der Waals surface area contributed by atoms with Crippen LogP contribution in [0.2, 0.25) is 0 Å². The number of amides is 2. The molecule has 0 radical (unpaired) electrons. The highest BCUT2D eigenvalue weighted by atomic mass is 16.6. The van der Waals surface area contributed by atoms with Gasteiger partial charge in [-0.25, -0.2) is 0 Å². The summed E-state index contributed by atoms with van der Waals surface area (Å²) in [5, 5.41) is 13.8. The lowest BCUT2D eigenvalue weighted by atomic mass is 10.1. The number of hydrogen-bond donors (Lipinski definition) is 1. The molecule has 30 heavy (non-hydrogen) atoms. The summed E-state index contributed by atoms with van der Waals surface area (Å²) in [5.41, 5.74) is 2.63. The topological polar surface area (TPSA) is 92.6 Å². The summed E-state index contributed by atoms with van der Waals surface area (Å²) in [5.74, 6) is -0.478. The Morgan fingerprint density at radius 1 is 0.967 bits per heavy atom. The summed E-state index contributed by atoms with van der Waals surface area (Å²) in [7, 11) is 1.73. The Kier molecular flexibility index (Phi) is 6.22. The molecule has 0 atom stereocenters. The summed E-state index contributed by atoms with van der Waals surface area (Å²) in [6.07, 6.45) is 0.226. The van der Waals surface area contributed by atoms with Gasteiger partial charge in [0.05, 0.1) is 11.3 Å². The molecule has 0 fully saturated rings. The third kappa shape index (κ3) is 4.70. The third-order valence-corrected chi connectivity index (χ3v) is 4.83. The van der Waals surface area contributed by atoms with Crippen LogP contribution in [0.15, 0.2) is 72.8 Å². The molecule has 0 saturated carbocycles. The second-order valence-electron chi connectivity index (χ2n) is 6.82. The molecule has 2 amide bonds. The zero-order chi connectivity index (χ0) is 21.7. The zero-order valence-corrected chi connectivity index (χ0v) is 16.7. The van der Waals surface area contributed by atoms with Crippen molar-refractivity contribution in [2.45, 2.75) is 13.3 Å². The molecular weight excluding hydrogens is 382 g/mol. The van der Waals surface area contributed by atoms with Crippen molar-refractivity contribution >= 4 is 28.9 Å². The highest BCUT2D eigenvalue weighted by Gasteiger charge is 2.18. The smallest absolute Gasteiger partial charge is 0.273 e. The number of para-hydroxylation sites is 1. The summed E-state index contributed by atoms with van der Waals surface area (Å²) in [6, 6.07) is 20.7. The van der Waals surface area contributed by atoms with E-state index in [0.717, 1.165) is 11.3 Å². The lowest BCUT2D eigenvalue weighted by Crippen LogP contribution is -2.27. The van der Waals surface area contributed by atoms with Gasteiger partial charge in [0.15, 0.2) is 0 Å². The Morgan fingerprint density at radius 2 is 1.63 bits per heavy atom. The first kappa shape index (κ1) is 20.7. The van der Waals surface area contributed by atoms with Crippen LogP contribution in [0.25, 0.3) is 0 Å². The van der Waals surface area contributed by atoms with Crippen molar-refractivity contribution in [3.63, 3.8) is 0 Å². The molecule has 3 aromatic rings. The van der Waals surface area contributed by atoms with Crippen LogP contribution in [0.3, 0.4) is 0 Å². The van der Waals surface area contributed by atoms with E-state index in [0.29, 0.717) is 11.3 Å². The largest absolute Gasteiger partial charge is 0.322 e. The summed E-state index contributed by atoms with van der Waals surface area (Å²) in [4.78, 5) is 37.2. The molecule has 3 aromatic carbocycles. The predicted octanol–water partition coefficient (Wildman–Crippen LogP) is 4.36. The van der Waals surface area contributed by atoms with Gasteiger partial charge in [0.1, 0.15) is 0 Å². The van der Waals surface area contributed by atoms with Gasteiger partial charge < -0.3 is 10.2 Å². The number of hydrogen-bond acceptors (Lipinski definition) is 4. The van der Waals surface area contributed by atoms with Crippen molar-refractivity contribution in [2.24, 2.45) is 0 Å². The average Bonchev–Trinajstić information content (AvgIpc) is 2.75. The molecule has 1 N–H and O–H groups in total. The van der Waals surface area contributed by atoms with Gasteiger partial charge in [-0.3, -0.25) is 19.7 Å². The van der Waals surface area contributed by atoms with Crippen molar-refractivity contribution in [2.75, 3.05) is 17.3 Å². The number of nitrogens with zero attached hydrogens (tertiary/aromatic N) is 2. The Labute approximate surface area is 174 Å². The van der Waals surface area contributed by atoms with Gasteiger partial charge in [-0.05, 0) is 42.8 Å². The molecule has 0 aliphatic heterocycles. The van der Waals surface area contributed by atoms with Crippen LogP contribution in [0.5, 0.6) is 0 Å². The van der Waals surface area contributed by atoms with Crippen molar-refractivity contribution in [1.29, 1.82) is 0 Å². The number of benzene rings is 3. The van der Waals surface area contributed by atoms with E-state index in [-0.39, 0.29) is 23.6 Å². The minimum Gasteiger partial charge on any atom is -0.322 e. The molecule has 0 aliphatic rings. The number of carbonyl (C=O) groups excluding carboxylic acids is 2. The summed E-state index contributed by atoms with van der Waals surface area (Å²) >= 11 is 0. The Morgan fingerprint density at radius 3 is 2.27 bits per heavy atom. The molecule has 0 aromatic heterocycles. The molecular formula is C23H21N3O4. The second-order valence-corrected chi connectivity index (χ2v) is 6.82. The van der Waals surface area contributed by atoms with Crippen LogP contribution in [-0.2, 0) is 11.2 Å². The minimum absolute atomic E-state index is 0.0507. The standard InChI is InChI=1S/C23H21N3O4/c1-16-20(9-6-10-21(16)26(29)30)23(28)24-18-13-11-17(12-14-18)15-22(27)25(2)19-7-4-3-5-8-19/h3-14H,15H2,1-2H3,(H,24,28). The fraction of sp³-hybridized carbons (Fsp3) is 0.130. The van der Waals surface area contributed by atoms with E-state index >= 15 is 0 Å². The number of nitrogens with one attached hydrogen (secondary N) is 1. The molecule has 0 spiro atoms. The maximum absolute atomic E-state index is 12.5. The molecule has 0 heterocycles. The van der Waals surface area contributed by atoms with Crippen LogP contribution in [0.4, 0.5) is 17.1 Å². The molecule has 7 heteroatoms. The van der Waals surface area contributed by atoms with Crippen molar-refractivity contribution in [1.82, 2.24) is 0 Å². The van der Waals surface area contributed by atoms with Crippen molar-refractivity contribution in [3.05, 3.63) is 99.6 Å². The molecule has 0 unspecified atom stereocenters. The van der Waals surface area contributed by atoms with Gasteiger partial charge in [-0.1, -0.05) is 36.4 Å². The van der Waals surface area contributed by atoms with Crippen molar-refractivity contribution in [3.8, 4) is 0 Å². The first-order valence-corrected chi connectivity index (χ1v) is 9.32. The number of likely N-dealkylation sites (N-methyl/N-ethyl adjacent to an activating group) is 1. The van der Waals surface area contributed by atoms with Gasteiger partial charge in [-0.2, -0.15) is 0 Å². The van der Waals surface area contributed by atoms with E-state index in [1.807, 2.05) is 30.3 Å². The van der Waals surface area contributed by atoms with Crippen LogP contribution in [0.1, 0.15) is 21.5 Å². The highest BCUT2D eigenvalue weighted by molar-refractivity contribution is 6.05. The monoisotopic (exact) mass is 403 g/mol.